The van der Waals surface area contributed by atoms with Crippen molar-refractivity contribution in [2.45, 2.75) is 12.3 Å². The number of imidazole rings is 1. The van der Waals surface area contributed by atoms with E-state index in [1.807, 2.05) is 12.3 Å². The van der Waals surface area contributed by atoms with Crippen molar-refractivity contribution < 1.29 is 21.1 Å². The molecule has 244 valence electrons. The van der Waals surface area contributed by atoms with E-state index in [0.29, 0.717) is 0 Å². The third kappa shape index (κ3) is 4.94. The maximum Gasteiger partial charge on any atom is 0.188 e. The Bertz CT molecular complexity index is 2600. The topological polar surface area (TPSA) is 27.7 Å². The van der Waals surface area contributed by atoms with Crippen molar-refractivity contribution in [2.75, 3.05) is 0 Å². The molecule has 0 amide bonds. The van der Waals surface area contributed by atoms with Crippen molar-refractivity contribution in [3.63, 3.8) is 0 Å². The zero-order valence-electron chi connectivity index (χ0n) is 27.7. The summed E-state index contributed by atoms with van der Waals surface area (Å²) in [7, 11) is 2.09. The second-order valence-corrected chi connectivity index (χ2v) is 12.7. The summed E-state index contributed by atoms with van der Waals surface area (Å²) in [6, 6.07) is 61.8. The first-order chi connectivity index (χ1) is 24.1. The van der Waals surface area contributed by atoms with Crippen molar-refractivity contribution in [1.29, 1.82) is 0 Å². The quantitative estimate of drug-likeness (QED) is 0.121. The first-order valence-corrected chi connectivity index (χ1v) is 16.6. The van der Waals surface area contributed by atoms with Gasteiger partial charge in [-0.3, -0.25) is 0 Å². The molecule has 0 aliphatic heterocycles. The molecule has 4 nitrogen and oxygen atoms in total. The van der Waals surface area contributed by atoms with Crippen LogP contribution in [0, 0.1) is 19.1 Å². The van der Waals surface area contributed by atoms with Gasteiger partial charge in [-0.1, -0.05) is 90.4 Å². The Balaban J connectivity index is 0.00000361. The van der Waals surface area contributed by atoms with Crippen LogP contribution in [0.4, 0.5) is 0 Å². The van der Waals surface area contributed by atoms with Gasteiger partial charge in [-0.05, 0) is 59.3 Å². The number of hydrogen-bond acceptors (Lipinski definition) is 1. The molecule has 0 radical (unpaired) electrons. The molecule has 3 aromatic heterocycles. The fraction of sp³-hybridized carbons (Fsp3) is 0.0667. The molecule has 5 heteroatoms. The third-order valence-electron chi connectivity index (χ3n) is 9.78. The van der Waals surface area contributed by atoms with Crippen molar-refractivity contribution in [3.05, 3.63) is 204 Å². The second kappa shape index (κ2) is 12.7. The molecular formula is C45H33N4Pt-. The van der Waals surface area contributed by atoms with Crippen LogP contribution >= 0.6 is 0 Å². The van der Waals surface area contributed by atoms with Gasteiger partial charge in [0.15, 0.2) is 17.4 Å². The summed E-state index contributed by atoms with van der Waals surface area (Å²) in [5.41, 5.74) is 10.1. The monoisotopic (exact) mass is 824 g/mol. The first kappa shape index (κ1) is 31.7. The summed E-state index contributed by atoms with van der Waals surface area (Å²) in [5, 5.41) is 2.32. The van der Waals surface area contributed by atoms with Crippen LogP contribution in [-0.2, 0) is 33.5 Å². The number of aromatic nitrogens is 4. The van der Waals surface area contributed by atoms with Gasteiger partial charge in [0.1, 0.15) is 5.82 Å². The van der Waals surface area contributed by atoms with Crippen LogP contribution in [0.25, 0.3) is 44.3 Å². The van der Waals surface area contributed by atoms with E-state index in [4.69, 9.17) is 4.98 Å². The van der Waals surface area contributed by atoms with E-state index in [1.165, 1.54) is 5.39 Å². The Morgan fingerprint density at radius 2 is 1.24 bits per heavy atom. The van der Waals surface area contributed by atoms with Gasteiger partial charge < -0.3 is 4.57 Å². The number of nitrogens with zero attached hydrogens (tertiary/aromatic N) is 4. The smallest absolute Gasteiger partial charge is 0.188 e. The minimum atomic E-state index is -0.737. The van der Waals surface area contributed by atoms with Gasteiger partial charge in [0.05, 0.1) is 0 Å². The zero-order chi connectivity index (χ0) is 33.0. The van der Waals surface area contributed by atoms with Gasteiger partial charge in [-0.25, -0.2) is 14.1 Å². The number of rotatable bonds is 6. The minimum absolute atomic E-state index is 0. The van der Waals surface area contributed by atoms with E-state index in [0.717, 1.165) is 66.8 Å². The van der Waals surface area contributed by atoms with Gasteiger partial charge in [0, 0.05) is 63.1 Å². The van der Waals surface area contributed by atoms with Gasteiger partial charge in [-0.15, -0.1) is 22.6 Å². The molecule has 0 aliphatic carbocycles. The molecule has 9 aromatic rings. The van der Waals surface area contributed by atoms with Crippen molar-refractivity contribution in [2.24, 2.45) is 7.05 Å². The van der Waals surface area contributed by atoms with E-state index in [-0.39, 0.29) is 21.1 Å². The molecule has 0 bridgehead atoms. The first-order valence-electron chi connectivity index (χ1n) is 16.6. The van der Waals surface area contributed by atoms with E-state index in [1.54, 1.807) is 0 Å². The summed E-state index contributed by atoms with van der Waals surface area (Å²) in [4.78, 5) is 4.85. The van der Waals surface area contributed by atoms with Crippen LogP contribution in [0.15, 0.2) is 164 Å². The normalized spacial score (nSPS) is 11.6. The minimum Gasteiger partial charge on any atom is -0.319 e. The Hall–Kier alpha value is -5.57. The average molecular weight is 825 g/mol. The van der Waals surface area contributed by atoms with E-state index in [9.17, 15) is 0 Å². The zero-order valence-corrected chi connectivity index (χ0v) is 30.0. The molecular weight excluding hydrogens is 792 g/mol. The SMILES string of the molecule is Cc1ccnc(-n2c3[c-]c(C(c4[c-]c(-n5[cH+]n(C)c6ccccc65)ccc4)(c4ccccc4)c4ccccc4)ccc3c3ccccc32)c1.[Pt]. The van der Waals surface area contributed by atoms with Gasteiger partial charge >= 0.3 is 0 Å². The van der Waals surface area contributed by atoms with Crippen LogP contribution in [0.5, 0.6) is 0 Å². The second-order valence-electron chi connectivity index (χ2n) is 12.7. The maximum atomic E-state index is 4.85. The number of para-hydroxylation sites is 3. The Labute approximate surface area is 306 Å². The summed E-state index contributed by atoms with van der Waals surface area (Å²) < 4.78 is 6.65. The summed E-state index contributed by atoms with van der Waals surface area (Å²) >= 11 is 0. The fourth-order valence-electron chi connectivity index (χ4n) is 7.57. The van der Waals surface area contributed by atoms with Gasteiger partial charge in [0.2, 0.25) is 0 Å². The third-order valence-corrected chi connectivity index (χ3v) is 9.78. The molecule has 50 heavy (non-hydrogen) atoms. The van der Waals surface area contributed by atoms with Gasteiger partial charge in [-0.2, -0.15) is 30.3 Å². The molecule has 3 heterocycles. The summed E-state index contributed by atoms with van der Waals surface area (Å²) in [6.45, 7) is 2.11. The summed E-state index contributed by atoms with van der Waals surface area (Å²) in [6.07, 6.45) is 4.03. The van der Waals surface area contributed by atoms with Crippen LogP contribution < -0.4 is 0 Å². The van der Waals surface area contributed by atoms with E-state index >= 15 is 0 Å². The van der Waals surface area contributed by atoms with Crippen molar-refractivity contribution >= 4 is 32.8 Å². The molecule has 0 spiro atoms. The maximum absolute atomic E-state index is 4.85. The van der Waals surface area contributed by atoms with Crippen LogP contribution in [0.3, 0.4) is 0 Å². The molecule has 0 fully saturated rings. The molecule has 0 N–H and O–H groups in total. The number of hydrogen-bond donors (Lipinski definition) is 0. The molecule has 0 saturated carbocycles. The molecule has 0 aliphatic rings. The average Bonchev–Trinajstić information content (AvgIpc) is 3.67. The number of fused-ring (bicyclic) bond motifs is 4. The number of pyridine rings is 1. The molecule has 9 rings (SSSR count). The van der Waals surface area contributed by atoms with E-state index in [2.05, 4.69) is 192 Å². The predicted octanol–water partition coefficient (Wildman–Crippen LogP) is 10.0. The van der Waals surface area contributed by atoms with Crippen LogP contribution in [0.1, 0.15) is 27.8 Å². The molecule has 6 aromatic carbocycles. The predicted molar refractivity (Wildman–Crippen MR) is 200 cm³/mol. The standard InChI is InChI=1S/C45H33N4.Pt/c1-32-26-27-46-44(28-32)49-40-21-10-9-20-38(40)39-25-24-36(30-43(39)49)45(33-14-5-3-6-15-33,34-16-7-4-8-17-34)35-18-13-19-37(29-35)48-31-47(2)41-22-11-12-23-42(41)48;/h3-28,31H,1-2H3;/q-1;. The summed E-state index contributed by atoms with van der Waals surface area (Å²) in [5.74, 6) is 0.880. The van der Waals surface area contributed by atoms with E-state index < -0.39 is 5.41 Å². The van der Waals surface area contributed by atoms with Crippen molar-refractivity contribution in [1.82, 2.24) is 18.7 Å². The van der Waals surface area contributed by atoms with Crippen LogP contribution in [-0.4, -0.2) is 18.7 Å². The van der Waals surface area contributed by atoms with Crippen molar-refractivity contribution in [3.8, 4) is 11.5 Å². The Morgan fingerprint density at radius 3 is 1.96 bits per heavy atom. The molecule has 0 saturated heterocycles. The Kier molecular flexibility index (Phi) is 8.05. The molecule has 0 unspecified atom stereocenters. The number of benzene rings is 6. The van der Waals surface area contributed by atoms with Gasteiger partial charge in [0.25, 0.3) is 0 Å². The Morgan fingerprint density at radius 1 is 0.600 bits per heavy atom. The number of aryl methyl sites for hydroxylation is 2. The fourth-order valence-corrected chi connectivity index (χ4v) is 7.57. The van der Waals surface area contributed by atoms with Crippen LogP contribution in [0.2, 0.25) is 0 Å². The molecule has 0 atom stereocenters. The largest absolute Gasteiger partial charge is 0.319 e.